The maximum atomic E-state index is 11.8. The summed E-state index contributed by atoms with van der Waals surface area (Å²) in [4.78, 5) is 54.8. The van der Waals surface area contributed by atoms with Crippen molar-refractivity contribution in [3.63, 3.8) is 0 Å². The highest BCUT2D eigenvalue weighted by Crippen LogP contribution is 2.28. The summed E-state index contributed by atoms with van der Waals surface area (Å²) in [6.07, 6.45) is -0.288. The predicted molar refractivity (Wildman–Crippen MR) is 93.3 cm³/mol. The maximum Gasteiger partial charge on any atom is 0.303 e. The Morgan fingerprint density at radius 3 is 1.89 bits per heavy atom. The Morgan fingerprint density at radius 1 is 0.889 bits per heavy atom. The van der Waals surface area contributed by atoms with E-state index in [0.29, 0.717) is 0 Å². The average Bonchev–Trinajstić information content (AvgIpc) is 2.55. The van der Waals surface area contributed by atoms with Gasteiger partial charge in [0.2, 0.25) is 11.8 Å². The number of nitrogens with one attached hydrogen (secondary N) is 2. The van der Waals surface area contributed by atoms with Crippen LogP contribution in [0.15, 0.2) is 18.2 Å². The zero-order chi connectivity index (χ0) is 20.4. The van der Waals surface area contributed by atoms with Crippen molar-refractivity contribution in [3.05, 3.63) is 28.3 Å². The molecule has 1 aromatic rings. The van der Waals surface area contributed by atoms with Gasteiger partial charge in [0.15, 0.2) is 0 Å². The molecule has 146 valence electrons. The molecule has 0 heterocycles. The van der Waals surface area contributed by atoms with Crippen molar-refractivity contribution in [2.75, 3.05) is 10.6 Å². The smallest absolute Gasteiger partial charge is 0.303 e. The van der Waals surface area contributed by atoms with E-state index >= 15 is 0 Å². The van der Waals surface area contributed by atoms with Gasteiger partial charge in [0.05, 0.1) is 4.92 Å². The molecule has 27 heavy (non-hydrogen) atoms. The maximum absolute atomic E-state index is 11.8. The number of hydrogen-bond donors (Lipinski definition) is 4. The van der Waals surface area contributed by atoms with E-state index in [-0.39, 0.29) is 49.9 Å². The second-order valence-corrected chi connectivity index (χ2v) is 5.58. The second kappa shape index (κ2) is 10.5. The Hall–Kier alpha value is -3.50. The number of hydrogen-bond acceptors (Lipinski definition) is 6. The first-order chi connectivity index (χ1) is 12.7. The average molecular weight is 381 g/mol. The topological polar surface area (TPSA) is 176 Å². The fraction of sp³-hybridized carbons (Fsp3) is 0.375. The number of rotatable bonds is 11. The lowest BCUT2D eigenvalue weighted by Gasteiger charge is -2.09. The first-order valence-corrected chi connectivity index (χ1v) is 8.00. The molecule has 0 aromatic heterocycles. The normalized spacial score (nSPS) is 10.1. The monoisotopic (exact) mass is 381 g/mol. The molecule has 0 bridgehead atoms. The van der Waals surface area contributed by atoms with E-state index in [1.807, 2.05) is 0 Å². The first kappa shape index (κ1) is 21.5. The van der Waals surface area contributed by atoms with E-state index in [1.54, 1.807) is 0 Å². The van der Waals surface area contributed by atoms with Crippen LogP contribution in [0.25, 0.3) is 0 Å². The number of nitrogens with zero attached hydrogens (tertiary/aromatic N) is 1. The Morgan fingerprint density at radius 2 is 1.41 bits per heavy atom. The molecule has 1 aromatic carbocycles. The van der Waals surface area contributed by atoms with E-state index in [4.69, 9.17) is 10.2 Å². The Balaban J connectivity index is 2.72. The van der Waals surface area contributed by atoms with Crippen LogP contribution < -0.4 is 10.6 Å². The van der Waals surface area contributed by atoms with Crippen molar-refractivity contribution < 1.29 is 34.3 Å². The van der Waals surface area contributed by atoms with Gasteiger partial charge in [-0.2, -0.15) is 0 Å². The highest BCUT2D eigenvalue weighted by molar-refractivity contribution is 5.95. The fourth-order valence-electron chi connectivity index (χ4n) is 2.10. The fourth-order valence-corrected chi connectivity index (χ4v) is 2.10. The minimum Gasteiger partial charge on any atom is -0.481 e. The summed E-state index contributed by atoms with van der Waals surface area (Å²) in [6, 6.07) is 3.68. The van der Waals surface area contributed by atoms with Crippen molar-refractivity contribution in [1.82, 2.24) is 0 Å². The van der Waals surface area contributed by atoms with Gasteiger partial charge >= 0.3 is 11.9 Å². The molecular formula is C16H19N3O8. The van der Waals surface area contributed by atoms with Gasteiger partial charge in [-0.15, -0.1) is 0 Å². The zero-order valence-corrected chi connectivity index (χ0v) is 14.3. The van der Waals surface area contributed by atoms with Crippen molar-refractivity contribution >= 4 is 40.8 Å². The van der Waals surface area contributed by atoms with Gasteiger partial charge in [-0.05, 0) is 25.0 Å². The number of benzene rings is 1. The van der Waals surface area contributed by atoms with Gasteiger partial charge in [0, 0.05) is 37.4 Å². The van der Waals surface area contributed by atoms with Crippen molar-refractivity contribution in [2.45, 2.75) is 38.5 Å². The van der Waals surface area contributed by atoms with Crippen molar-refractivity contribution in [3.8, 4) is 0 Å². The highest BCUT2D eigenvalue weighted by atomic mass is 16.6. The number of carboxylic acid groups (broad SMARTS) is 2. The molecule has 0 unspecified atom stereocenters. The van der Waals surface area contributed by atoms with Gasteiger partial charge in [0.25, 0.3) is 5.69 Å². The molecule has 2 amide bonds. The molecule has 11 heteroatoms. The molecule has 0 saturated heterocycles. The van der Waals surface area contributed by atoms with Crippen LogP contribution in [0.1, 0.15) is 38.5 Å². The number of carboxylic acids is 2. The molecule has 1 rings (SSSR count). The van der Waals surface area contributed by atoms with Gasteiger partial charge < -0.3 is 20.8 Å². The quantitative estimate of drug-likeness (QED) is 0.332. The number of anilines is 2. The van der Waals surface area contributed by atoms with E-state index in [2.05, 4.69) is 10.6 Å². The molecule has 0 fully saturated rings. The summed E-state index contributed by atoms with van der Waals surface area (Å²) in [5.41, 5.74) is -0.389. The van der Waals surface area contributed by atoms with E-state index in [9.17, 15) is 29.3 Å². The summed E-state index contributed by atoms with van der Waals surface area (Å²) in [5, 5.41) is 33.0. The van der Waals surface area contributed by atoms with Crippen LogP contribution in [0, 0.1) is 10.1 Å². The summed E-state index contributed by atoms with van der Waals surface area (Å²) in [5.74, 6) is -3.13. The number of carbonyl (C=O) groups is 4. The van der Waals surface area contributed by atoms with Gasteiger partial charge in [-0.1, -0.05) is 0 Å². The Labute approximate surface area is 153 Å². The SMILES string of the molecule is O=C(O)CCCC(=O)Nc1ccc(NC(=O)CCCC(=O)O)c([N+](=O)[O-])c1. The van der Waals surface area contributed by atoms with Crippen molar-refractivity contribution in [1.29, 1.82) is 0 Å². The third kappa shape index (κ3) is 8.43. The van der Waals surface area contributed by atoms with E-state index < -0.39 is 34.4 Å². The molecule has 0 aliphatic rings. The number of amides is 2. The third-order valence-electron chi connectivity index (χ3n) is 3.34. The summed E-state index contributed by atoms with van der Waals surface area (Å²) < 4.78 is 0. The highest BCUT2D eigenvalue weighted by Gasteiger charge is 2.18. The van der Waals surface area contributed by atoms with Gasteiger partial charge in [-0.3, -0.25) is 29.3 Å². The first-order valence-electron chi connectivity index (χ1n) is 8.00. The number of nitro groups is 1. The van der Waals surface area contributed by atoms with Crippen LogP contribution in [-0.2, 0) is 19.2 Å². The molecular weight excluding hydrogens is 362 g/mol. The largest absolute Gasteiger partial charge is 0.481 e. The summed E-state index contributed by atoms with van der Waals surface area (Å²) in [6.45, 7) is 0. The molecule has 0 atom stereocenters. The summed E-state index contributed by atoms with van der Waals surface area (Å²) >= 11 is 0. The van der Waals surface area contributed by atoms with E-state index in [0.717, 1.165) is 6.07 Å². The molecule has 11 nitrogen and oxygen atoms in total. The lowest BCUT2D eigenvalue weighted by Crippen LogP contribution is -2.14. The molecule has 0 aliphatic carbocycles. The van der Waals surface area contributed by atoms with Crippen LogP contribution in [0.5, 0.6) is 0 Å². The van der Waals surface area contributed by atoms with E-state index in [1.165, 1.54) is 12.1 Å². The Kier molecular flexibility index (Phi) is 8.36. The lowest BCUT2D eigenvalue weighted by molar-refractivity contribution is -0.383. The lowest BCUT2D eigenvalue weighted by atomic mass is 10.2. The second-order valence-electron chi connectivity index (χ2n) is 5.58. The summed E-state index contributed by atoms with van der Waals surface area (Å²) in [7, 11) is 0. The molecule has 4 N–H and O–H groups in total. The van der Waals surface area contributed by atoms with Crippen molar-refractivity contribution in [2.24, 2.45) is 0 Å². The van der Waals surface area contributed by atoms with Gasteiger partial charge in [-0.25, -0.2) is 0 Å². The number of aliphatic carboxylic acids is 2. The van der Waals surface area contributed by atoms with Crippen LogP contribution in [0.2, 0.25) is 0 Å². The van der Waals surface area contributed by atoms with Crippen LogP contribution in [-0.4, -0.2) is 38.9 Å². The standard InChI is InChI=1S/C16H19N3O8/c20-13(3-1-5-15(22)23)17-10-7-8-11(12(9-10)19(26)27)18-14(21)4-2-6-16(24)25/h7-9H,1-6H2,(H,17,20)(H,18,21)(H,22,23)(H,24,25). The van der Waals surface area contributed by atoms with Gasteiger partial charge in [0.1, 0.15) is 5.69 Å². The molecule has 0 spiro atoms. The molecule has 0 aliphatic heterocycles. The van der Waals surface area contributed by atoms with Crippen LogP contribution >= 0.6 is 0 Å². The minimum atomic E-state index is -1.04. The third-order valence-corrected chi connectivity index (χ3v) is 3.34. The Bertz CT molecular complexity index is 747. The number of carbonyl (C=O) groups excluding carboxylic acids is 2. The predicted octanol–water partition coefficient (Wildman–Crippen LogP) is 1.98. The van der Waals surface area contributed by atoms with Crippen LogP contribution in [0.3, 0.4) is 0 Å². The zero-order valence-electron chi connectivity index (χ0n) is 14.3. The molecule has 0 radical (unpaired) electrons. The minimum absolute atomic E-state index is 0.0534. The molecule has 0 saturated carbocycles. The van der Waals surface area contributed by atoms with Crippen LogP contribution in [0.4, 0.5) is 17.1 Å². The number of nitro benzene ring substituents is 1.